The van der Waals surface area contributed by atoms with E-state index in [2.05, 4.69) is 69.1 Å². The molecule has 11 atom stereocenters. The van der Waals surface area contributed by atoms with Crippen LogP contribution in [0.25, 0.3) is 11.3 Å². The monoisotopic (exact) mass is 694 g/mol. The molecule has 7 heteroatoms. The number of hydrogen-bond acceptors (Lipinski definition) is 5. The summed E-state index contributed by atoms with van der Waals surface area (Å²) in [6, 6.07) is 3.99. The van der Waals surface area contributed by atoms with Gasteiger partial charge in [-0.25, -0.2) is 4.98 Å². The zero-order valence-corrected chi connectivity index (χ0v) is 32.4. The van der Waals surface area contributed by atoms with Gasteiger partial charge in [0.15, 0.2) is 0 Å². The molecule has 1 N–H and O–H groups in total. The minimum absolute atomic E-state index is 0.00185. The number of likely N-dealkylation sites (tertiary alicyclic amines) is 1. The molecule has 2 aromatic heterocycles. The van der Waals surface area contributed by atoms with Crippen LogP contribution >= 0.6 is 0 Å². The maximum atomic E-state index is 15.4. The van der Waals surface area contributed by atoms with Crippen molar-refractivity contribution < 1.29 is 14.3 Å². The number of esters is 1. The van der Waals surface area contributed by atoms with Crippen molar-refractivity contribution in [1.29, 1.82) is 0 Å². The Morgan fingerprint density at radius 1 is 0.902 bits per heavy atom. The topological polar surface area (TPSA) is 88.2 Å². The summed E-state index contributed by atoms with van der Waals surface area (Å²) < 4.78 is 5.99. The van der Waals surface area contributed by atoms with E-state index in [-0.39, 0.29) is 45.2 Å². The zero-order chi connectivity index (χ0) is 36.1. The van der Waals surface area contributed by atoms with E-state index in [0.717, 1.165) is 75.0 Å². The number of pyridine rings is 1. The number of H-pyrrole nitrogens is 1. The number of allylic oxidation sites excluding steroid dienone is 1. The second kappa shape index (κ2) is 12.0. The van der Waals surface area contributed by atoms with Gasteiger partial charge in [-0.3, -0.25) is 14.6 Å². The van der Waals surface area contributed by atoms with Crippen molar-refractivity contribution >= 4 is 11.9 Å². The van der Waals surface area contributed by atoms with Gasteiger partial charge in [-0.15, -0.1) is 0 Å². The minimum atomic E-state index is -0.330. The van der Waals surface area contributed by atoms with Crippen molar-refractivity contribution in [2.45, 2.75) is 138 Å². The standard InChI is InChI=1S/C44H62N4O3/c1-27(2)30-15-20-44(39(50)48-24-10-12-33(48)38-46-26-32(47-38)29-11-9-23-45-25-29)22-21-42(7)31(37(30)44)13-14-35-41(6)18-17-36(51-28(3)49)40(4,5)34(41)16-19-43(35,42)8/h9,11,23,25-26,30-31,33-37H,1,10,12-22,24H2,2-8H3,(H,46,47)/t30-,31+,33-,34?,35?,36-,37?,41-,42+,43+,44-/m0/s1. The summed E-state index contributed by atoms with van der Waals surface area (Å²) in [5.74, 6) is 3.57. The summed E-state index contributed by atoms with van der Waals surface area (Å²) in [4.78, 5) is 42.5. The van der Waals surface area contributed by atoms with Gasteiger partial charge in [0.25, 0.3) is 0 Å². The summed E-state index contributed by atoms with van der Waals surface area (Å²) in [6.07, 6.45) is 18.6. The van der Waals surface area contributed by atoms with Gasteiger partial charge in [-0.1, -0.05) is 46.8 Å². The van der Waals surface area contributed by atoms with Crippen LogP contribution in [-0.4, -0.2) is 44.4 Å². The van der Waals surface area contributed by atoms with E-state index in [1.165, 1.54) is 31.3 Å². The first-order chi connectivity index (χ1) is 24.2. The number of imidazole rings is 1. The maximum absolute atomic E-state index is 15.4. The lowest BCUT2D eigenvalue weighted by Crippen LogP contribution is -2.67. The number of nitrogens with one attached hydrogen (secondary N) is 1. The molecule has 6 aliphatic rings. The van der Waals surface area contributed by atoms with Crippen molar-refractivity contribution in [2.24, 2.45) is 56.7 Å². The molecule has 5 aliphatic carbocycles. The first-order valence-corrected chi connectivity index (χ1v) is 20.3. The molecular formula is C44H62N4O3. The molecule has 0 aromatic carbocycles. The third-order valence-electron chi connectivity index (χ3n) is 17.1. The molecule has 1 aliphatic heterocycles. The summed E-state index contributed by atoms with van der Waals surface area (Å²) in [7, 11) is 0. The fraction of sp³-hybridized carbons (Fsp3) is 0.727. The van der Waals surface area contributed by atoms with E-state index < -0.39 is 0 Å². The lowest BCUT2D eigenvalue weighted by molar-refractivity contribution is -0.249. The highest BCUT2D eigenvalue weighted by Crippen LogP contribution is 2.78. The first kappa shape index (κ1) is 35.1. The third kappa shape index (κ3) is 4.94. The Morgan fingerprint density at radius 3 is 2.43 bits per heavy atom. The number of aromatic nitrogens is 3. The van der Waals surface area contributed by atoms with Crippen LogP contribution in [0.2, 0.25) is 0 Å². The number of ether oxygens (including phenoxy) is 1. The molecule has 1 saturated heterocycles. The normalized spacial score (nSPS) is 42.6. The Kier molecular flexibility index (Phi) is 8.28. The van der Waals surface area contributed by atoms with Crippen LogP contribution < -0.4 is 0 Å². The molecule has 1 amide bonds. The van der Waals surface area contributed by atoms with Gasteiger partial charge in [-0.05, 0) is 142 Å². The van der Waals surface area contributed by atoms with Crippen molar-refractivity contribution in [1.82, 2.24) is 19.9 Å². The molecule has 51 heavy (non-hydrogen) atoms. The maximum Gasteiger partial charge on any atom is 0.302 e. The van der Waals surface area contributed by atoms with Crippen LogP contribution in [0.15, 0.2) is 42.9 Å². The summed E-state index contributed by atoms with van der Waals surface area (Å²) in [6.45, 7) is 21.9. The molecule has 8 rings (SSSR count). The smallest absolute Gasteiger partial charge is 0.302 e. The van der Waals surface area contributed by atoms with Gasteiger partial charge in [-0.2, -0.15) is 0 Å². The van der Waals surface area contributed by atoms with E-state index in [1.807, 2.05) is 18.5 Å². The fourth-order valence-electron chi connectivity index (χ4n) is 14.7. The average molecular weight is 695 g/mol. The highest BCUT2D eigenvalue weighted by Gasteiger charge is 2.72. The molecule has 0 radical (unpaired) electrons. The van der Waals surface area contributed by atoms with Crippen molar-refractivity contribution in [2.75, 3.05) is 6.54 Å². The SMILES string of the molecule is C=C(C)[C@@H]1CC[C@]2(C(=O)N3CCC[C@H]3c3ncc(-c4cccnc4)[nH]3)CC[C@]3(C)[C@H](CCC4[C@@]5(C)CC[C@H](OC(C)=O)C(C)(C)C5CC[C@]43C)C12. The Hall–Kier alpha value is -2.96. The first-order valence-electron chi connectivity index (χ1n) is 20.3. The lowest BCUT2D eigenvalue weighted by Gasteiger charge is -2.73. The van der Waals surface area contributed by atoms with Gasteiger partial charge in [0, 0.05) is 36.8 Å². The molecule has 3 unspecified atom stereocenters. The van der Waals surface area contributed by atoms with E-state index >= 15 is 4.79 Å². The Balaban J connectivity index is 1.11. The minimum Gasteiger partial charge on any atom is -0.462 e. The molecule has 276 valence electrons. The fourth-order valence-corrected chi connectivity index (χ4v) is 14.7. The van der Waals surface area contributed by atoms with Crippen LogP contribution in [0.5, 0.6) is 0 Å². The highest BCUT2D eigenvalue weighted by atomic mass is 16.5. The van der Waals surface area contributed by atoms with Crippen LogP contribution in [0.4, 0.5) is 0 Å². The predicted octanol–water partition coefficient (Wildman–Crippen LogP) is 9.72. The van der Waals surface area contributed by atoms with Crippen LogP contribution in [-0.2, 0) is 14.3 Å². The Bertz CT molecular complexity index is 1700. The number of nitrogens with zero attached hydrogens (tertiary/aromatic N) is 3. The van der Waals surface area contributed by atoms with Crippen molar-refractivity contribution in [3.8, 4) is 11.3 Å². The number of amides is 1. The number of rotatable bonds is 5. The van der Waals surface area contributed by atoms with E-state index in [4.69, 9.17) is 9.72 Å². The second-order valence-corrected chi connectivity index (χ2v) is 19.4. The Morgan fingerprint density at radius 2 is 1.71 bits per heavy atom. The largest absolute Gasteiger partial charge is 0.462 e. The highest BCUT2D eigenvalue weighted by molar-refractivity contribution is 5.84. The molecule has 3 heterocycles. The third-order valence-corrected chi connectivity index (χ3v) is 17.1. The quantitative estimate of drug-likeness (QED) is 0.249. The number of hydrogen-bond donors (Lipinski definition) is 1. The lowest BCUT2D eigenvalue weighted by atomic mass is 9.32. The number of carbonyl (C=O) groups excluding carboxylic acids is 2. The number of fused-ring (bicyclic) bond motifs is 7. The molecule has 5 saturated carbocycles. The van der Waals surface area contributed by atoms with Gasteiger partial charge in [0.05, 0.1) is 23.3 Å². The molecule has 0 bridgehead atoms. The van der Waals surface area contributed by atoms with Crippen LogP contribution in [0.1, 0.15) is 137 Å². The second-order valence-electron chi connectivity index (χ2n) is 19.4. The van der Waals surface area contributed by atoms with Crippen molar-refractivity contribution in [3.63, 3.8) is 0 Å². The summed E-state index contributed by atoms with van der Waals surface area (Å²) in [5, 5.41) is 0. The van der Waals surface area contributed by atoms with E-state index in [9.17, 15) is 4.79 Å². The zero-order valence-electron chi connectivity index (χ0n) is 32.4. The van der Waals surface area contributed by atoms with Gasteiger partial charge in [0.2, 0.25) is 5.91 Å². The Labute approximate surface area is 306 Å². The number of carbonyl (C=O) groups is 2. The summed E-state index contributed by atoms with van der Waals surface area (Å²) in [5.41, 5.74) is 3.47. The summed E-state index contributed by atoms with van der Waals surface area (Å²) >= 11 is 0. The predicted molar refractivity (Wildman–Crippen MR) is 200 cm³/mol. The van der Waals surface area contributed by atoms with E-state index in [0.29, 0.717) is 35.5 Å². The van der Waals surface area contributed by atoms with Crippen LogP contribution in [0.3, 0.4) is 0 Å². The van der Waals surface area contributed by atoms with Crippen LogP contribution in [0, 0.1) is 56.7 Å². The molecule has 0 spiro atoms. The van der Waals surface area contributed by atoms with Gasteiger partial charge < -0.3 is 14.6 Å². The van der Waals surface area contributed by atoms with Gasteiger partial charge in [0.1, 0.15) is 11.9 Å². The average Bonchev–Trinajstić information content (AvgIpc) is 3.85. The molecular weight excluding hydrogens is 633 g/mol. The molecule has 6 fully saturated rings. The van der Waals surface area contributed by atoms with E-state index in [1.54, 1.807) is 13.1 Å². The molecule has 2 aromatic rings. The number of aromatic amines is 1. The molecule has 7 nitrogen and oxygen atoms in total. The van der Waals surface area contributed by atoms with Gasteiger partial charge >= 0.3 is 5.97 Å². The van der Waals surface area contributed by atoms with Crippen molar-refractivity contribution in [3.05, 3.63) is 48.7 Å².